The number of carbonyl (C=O) groups is 4. The van der Waals surface area contributed by atoms with E-state index in [9.17, 15) is 24.3 Å². The summed E-state index contributed by atoms with van der Waals surface area (Å²) >= 11 is 0. The number of nitrogens with zero attached hydrogens (tertiary/aromatic N) is 2. The number of likely N-dealkylation sites (tertiary alicyclic amines) is 1. The zero-order valence-electron chi connectivity index (χ0n) is 25.9. The highest BCUT2D eigenvalue weighted by molar-refractivity contribution is 5.90. The average molecular weight is 619 g/mol. The van der Waals surface area contributed by atoms with E-state index in [0.29, 0.717) is 51.6 Å². The molecule has 3 amide bonds. The van der Waals surface area contributed by atoms with E-state index in [1.165, 1.54) is 0 Å². The topological polar surface area (TPSA) is 227 Å². The normalized spacial score (nSPS) is 18.5. The Bertz CT molecular complexity index is 1080. The number of aliphatic imine (C=N–C) groups is 1. The highest BCUT2D eigenvalue weighted by Crippen LogP contribution is 2.24. The number of amides is 3. The lowest BCUT2D eigenvalue weighted by Crippen LogP contribution is -2.56. The minimum Gasteiger partial charge on any atom is -0.480 e. The summed E-state index contributed by atoms with van der Waals surface area (Å²) in [5.41, 5.74) is 17.3. The first-order valence-electron chi connectivity index (χ1n) is 15.2. The first-order chi connectivity index (χ1) is 21.1. The first-order valence-corrected chi connectivity index (χ1v) is 15.2. The number of piperidine rings is 1. The Labute approximate surface area is 259 Å². The second kappa shape index (κ2) is 19.5. The summed E-state index contributed by atoms with van der Waals surface area (Å²) < 4.78 is 5.63. The lowest BCUT2D eigenvalue weighted by molar-refractivity contribution is -0.143. The molecule has 14 nitrogen and oxygen atoms in total. The first kappa shape index (κ1) is 36.4. The number of hydrogen-bond donors (Lipinski definition) is 7. The fraction of sp³-hybridized carbons (Fsp3) is 0.633. The van der Waals surface area contributed by atoms with Gasteiger partial charge in [-0.15, -0.1) is 0 Å². The molecule has 1 aliphatic rings. The summed E-state index contributed by atoms with van der Waals surface area (Å²) in [4.78, 5) is 57.3. The Kier molecular flexibility index (Phi) is 16.2. The molecule has 0 bridgehead atoms. The van der Waals surface area contributed by atoms with E-state index in [-0.39, 0.29) is 55.7 Å². The van der Waals surface area contributed by atoms with E-state index < -0.39 is 30.0 Å². The fourth-order valence-electron chi connectivity index (χ4n) is 5.39. The number of ether oxygens (including phenoxy) is 1. The molecule has 0 aliphatic carbocycles. The summed E-state index contributed by atoms with van der Waals surface area (Å²) in [5, 5.41) is 18.2. The van der Waals surface area contributed by atoms with Crippen LogP contribution in [0.5, 0.6) is 0 Å². The van der Waals surface area contributed by atoms with E-state index in [1.807, 2.05) is 30.3 Å². The number of aliphatic carboxylic acids is 1. The molecule has 0 radical (unpaired) electrons. The number of nitrogens with one attached hydrogen (secondary N) is 3. The number of nitrogens with two attached hydrogens (primary N) is 3. The van der Waals surface area contributed by atoms with Crippen molar-refractivity contribution in [2.24, 2.45) is 28.1 Å². The second-order valence-corrected chi connectivity index (χ2v) is 11.1. The number of carboxylic acid groups (broad SMARTS) is 1. The largest absolute Gasteiger partial charge is 0.480 e. The Hall–Kier alpha value is -3.75. The number of methoxy groups -OCH3 is 1. The summed E-state index contributed by atoms with van der Waals surface area (Å²) in [6.45, 7) is 1.36. The van der Waals surface area contributed by atoms with Gasteiger partial charge in [0.05, 0.1) is 12.1 Å². The third kappa shape index (κ3) is 12.5. The van der Waals surface area contributed by atoms with Crippen LogP contribution in [-0.2, 0) is 30.3 Å². The molecular weight excluding hydrogens is 568 g/mol. The number of likely N-dealkylation sites (N-methyl/N-ethyl adjacent to an activating group) is 1. The number of rotatable bonds is 19. The van der Waals surface area contributed by atoms with Gasteiger partial charge >= 0.3 is 5.97 Å². The summed E-state index contributed by atoms with van der Waals surface area (Å²) in [6.07, 6.45) is 2.98. The van der Waals surface area contributed by atoms with Crippen molar-refractivity contribution in [2.45, 2.75) is 75.6 Å². The van der Waals surface area contributed by atoms with Crippen LogP contribution in [-0.4, -0.2) is 104 Å². The van der Waals surface area contributed by atoms with E-state index in [0.717, 1.165) is 5.56 Å². The molecule has 1 heterocycles. The van der Waals surface area contributed by atoms with Crippen LogP contribution in [0.3, 0.4) is 0 Å². The monoisotopic (exact) mass is 618 g/mol. The van der Waals surface area contributed by atoms with Crippen LogP contribution in [0.4, 0.5) is 0 Å². The van der Waals surface area contributed by atoms with Gasteiger partial charge in [0, 0.05) is 39.1 Å². The highest BCUT2D eigenvalue weighted by atomic mass is 16.5. The molecular formula is C30H50N8O6. The van der Waals surface area contributed by atoms with Crippen molar-refractivity contribution in [1.29, 1.82) is 0 Å². The van der Waals surface area contributed by atoms with Gasteiger partial charge in [0.15, 0.2) is 5.96 Å². The van der Waals surface area contributed by atoms with Crippen LogP contribution in [0.15, 0.2) is 35.3 Å². The number of carbonyl (C=O) groups excluding carboxylic acids is 3. The standard InChI is InChI=1S/C30H50N8O6/c1-34-24(17-20-9-4-3-5-10-20)27(40)37-22(11-6-7-14-31)28(41)38-16-13-25(44-2)21(19-38)18-26(39)36-23(29(42)43)12-8-15-35-30(32)33/h3-5,9-10,21-25,34H,6-8,11-19,31H2,1-2H3,(H,36,39)(H,37,40)(H,42,43)(H4,32,33,35)/t21-,22+,23+,24+,25+/m1/s1. The van der Waals surface area contributed by atoms with Crippen LogP contribution < -0.4 is 33.2 Å². The number of guanidine groups is 1. The van der Waals surface area contributed by atoms with Gasteiger partial charge in [-0.3, -0.25) is 19.4 Å². The molecule has 5 atom stereocenters. The molecule has 2 rings (SSSR count). The van der Waals surface area contributed by atoms with E-state index >= 15 is 0 Å². The molecule has 1 aliphatic heterocycles. The Morgan fingerprint density at radius 1 is 1.05 bits per heavy atom. The molecule has 14 heteroatoms. The summed E-state index contributed by atoms with van der Waals surface area (Å²) in [7, 11) is 3.26. The lowest BCUT2D eigenvalue weighted by atomic mass is 9.90. The summed E-state index contributed by atoms with van der Waals surface area (Å²) in [5.74, 6) is -2.56. The van der Waals surface area contributed by atoms with Crippen molar-refractivity contribution in [3.05, 3.63) is 35.9 Å². The molecule has 1 aromatic carbocycles. The maximum absolute atomic E-state index is 13.8. The minimum atomic E-state index is -1.16. The van der Waals surface area contributed by atoms with Gasteiger partial charge in [-0.2, -0.15) is 0 Å². The molecule has 10 N–H and O–H groups in total. The SMILES string of the molecule is CN[C@@H](Cc1ccccc1)C(=O)N[C@@H](CCCCN)C(=O)N1CC[C@H](OC)[C@H](CC(=O)N[C@@H](CCCN=C(N)N)C(=O)O)C1. The van der Waals surface area contributed by atoms with Gasteiger partial charge in [-0.05, 0) is 64.1 Å². The van der Waals surface area contributed by atoms with Crippen LogP contribution in [0.1, 0.15) is 50.5 Å². The van der Waals surface area contributed by atoms with E-state index in [4.69, 9.17) is 21.9 Å². The summed E-state index contributed by atoms with van der Waals surface area (Å²) in [6, 6.07) is 7.25. The molecule has 0 unspecified atom stereocenters. The molecule has 0 saturated carbocycles. The van der Waals surface area contributed by atoms with Crippen LogP contribution in [0.25, 0.3) is 0 Å². The van der Waals surface area contributed by atoms with Crippen molar-refractivity contribution in [3.63, 3.8) is 0 Å². The minimum absolute atomic E-state index is 0.0247. The highest BCUT2D eigenvalue weighted by Gasteiger charge is 2.36. The zero-order valence-corrected chi connectivity index (χ0v) is 25.9. The molecule has 246 valence electrons. The van der Waals surface area contributed by atoms with E-state index in [1.54, 1.807) is 19.1 Å². The predicted octanol–water partition coefficient (Wildman–Crippen LogP) is -0.692. The van der Waals surface area contributed by atoms with Crippen LogP contribution in [0.2, 0.25) is 0 Å². The maximum atomic E-state index is 13.8. The van der Waals surface area contributed by atoms with Gasteiger partial charge in [0.1, 0.15) is 12.1 Å². The Morgan fingerprint density at radius 3 is 2.36 bits per heavy atom. The second-order valence-electron chi connectivity index (χ2n) is 11.1. The van der Waals surface area contributed by atoms with Gasteiger partial charge in [-0.25, -0.2) is 4.79 Å². The van der Waals surface area contributed by atoms with Crippen LogP contribution >= 0.6 is 0 Å². The Morgan fingerprint density at radius 2 is 1.75 bits per heavy atom. The van der Waals surface area contributed by atoms with Crippen molar-refractivity contribution in [2.75, 3.05) is 40.3 Å². The van der Waals surface area contributed by atoms with Gasteiger partial charge in [0.25, 0.3) is 0 Å². The third-order valence-electron chi connectivity index (χ3n) is 7.81. The van der Waals surface area contributed by atoms with Crippen LogP contribution in [0, 0.1) is 5.92 Å². The fourth-order valence-corrected chi connectivity index (χ4v) is 5.39. The lowest BCUT2D eigenvalue weighted by Gasteiger charge is -2.39. The smallest absolute Gasteiger partial charge is 0.326 e. The molecule has 1 fully saturated rings. The number of unbranched alkanes of at least 4 members (excludes halogenated alkanes) is 1. The molecule has 0 spiro atoms. The Balaban J connectivity index is 2.08. The predicted molar refractivity (Wildman–Crippen MR) is 167 cm³/mol. The third-order valence-corrected chi connectivity index (χ3v) is 7.81. The van der Waals surface area contributed by atoms with Crippen molar-refractivity contribution >= 4 is 29.7 Å². The number of carboxylic acids is 1. The molecule has 1 saturated heterocycles. The average Bonchev–Trinajstić information content (AvgIpc) is 3.00. The van der Waals surface area contributed by atoms with E-state index in [2.05, 4.69) is 20.9 Å². The molecule has 0 aromatic heterocycles. The maximum Gasteiger partial charge on any atom is 0.326 e. The van der Waals surface area contributed by atoms with Gasteiger partial charge < -0.3 is 47.9 Å². The quantitative estimate of drug-likeness (QED) is 0.0586. The number of hydrogen-bond acceptors (Lipinski definition) is 8. The van der Waals surface area contributed by atoms with Gasteiger partial charge in [0.2, 0.25) is 17.7 Å². The zero-order chi connectivity index (χ0) is 32.5. The van der Waals surface area contributed by atoms with Crippen molar-refractivity contribution in [1.82, 2.24) is 20.9 Å². The van der Waals surface area contributed by atoms with Gasteiger partial charge in [-0.1, -0.05) is 30.3 Å². The molecule has 44 heavy (non-hydrogen) atoms. The van der Waals surface area contributed by atoms with Crippen molar-refractivity contribution < 1.29 is 29.0 Å². The number of benzene rings is 1. The molecule has 1 aromatic rings. The van der Waals surface area contributed by atoms with Crippen molar-refractivity contribution in [3.8, 4) is 0 Å².